The van der Waals surface area contributed by atoms with Gasteiger partial charge in [0.1, 0.15) is 35.0 Å². The quantitative estimate of drug-likeness (QED) is 0.292. The molecule has 0 unspecified atom stereocenters. The Bertz CT molecular complexity index is 1610. The van der Waals surface area contributed by atoms with Gasteiger partial charge in [-0.2, -0.15) is 0 Å². The number of aliphatic hydroxyl groups excluding tert-OH is 1. The van der Waals surface area contributed by atoms with Gasteiger partial charge < -0.3 is 15.1 Å². The lowest BCUT2D eigenvalue weighted by atomic mass is 9.80. The first-order valence-corrected chi connectivity index (χ1v) is 14.2. The van der Waals surface area contributed by atoms with Crippen molar-refractivity contribution in [1.29, 1.82) is 0 Å². The molecule has 11 nitrogen and oxygen atoms in total. The van der Waals surface area contributed by atoms with Crippen molar-refractivity contribution >= 4 is 33.1 Å². The number of aliphatic hydroxyl groups is 1. The van der Waals surface area contributed by atoms with Gasteiger partial charge in [0.2, 0.25) is 0 Å². The standard InChI is InChI=1S/C14H16FN5.C14H17N5O/c15-7-9-1-3-10(4-2-9)12-13-11-5-6-16-14(11)17-8-20(13)19-18-12;20-7-9-1-3-10(4-2-9)12-13-11-5-6-15-14(11)16-8-19(13)18-17-12/h5-6,8-10,16H,1-4,7H2;5-6,8-10,15,20H,1-4,7H2/t2*9-,10-. The Morgan fingerprint density at radius 2 is 1.20 bits per heavy atom. The molecular formula is C28H33FN10O. The van der Waals surface area contributed by atoms with Gasteiger partial charge in [-0.15, -0.1) is 10.2 Å². The van der Waals surface area contributed by atoms with E-state index in [0.717, 1.165) is 95.9 Å². The van der Waals surface area contributed by atoms with E-state index in [1.807, 2.05) is 24.5 Å². The largest absolute Gasteiger partial charge is 0.396 e. The molecule has 0 aromatic carbocycles. The van der Waals surface area contributed by atoms with E-state index in [9.17, 15) is 9.50 Å². The van der Waals surface area contributed by atoms with Crippen molar-refractivity contribution in [2.45, 2.75) is 63.2 Å². The van der Waals surface area contributed by atoms with Crippen LogP contribution in [-0.4, -0.2) is 68.0 Å². The van der Waals surface area contributed by atoms with E-state index < -0.39 is 0 Å². The van der Waals surface area contributed by atoms with Gasteiger partial charge in [0.25, 0.3) is 0 Å². The third-order valence-electron chi connectivity index (χ3n) is 8.94. The van der Waals surface area contributed by atoms with Crippen molar-refractivity contribution in [3.05, 3.63) is 48.6 Å². The van der Waals surface area contributed by atoms with Gasteiger partial charge in [-0.05, 0) is 75.3 Å². The molecule has 6 heterocycles. The van der Waals surface area contributed by atoms with Gasteiger partial charge in [-0.25, -0.2) is 19.0 Å². The highest BCUT2D eigenvalue weighted by Gasteiger charge is 2.28. The lowest BCUT2D eigenvalue weighted by Gasteiger charge is -2.26. The molecule has 0 atom stereocenters. The van der Waals surface area contributed by atoms with Crippen LogP contribution in [0.2, 0.25) is 0 Å². The van der Waals surface area contributed by atoms with Crippen molar-refractivity contribution in [1.82, 2.24) is 49.6 Å². The molecule has 0 bridgehead atoms. The van der Waals surface area contributed by atoms with E-state index in [4.69, 9.17) is 0 Å². The zero-order chi connectivity index (χ0) is 27.1. The Kier molecular flexibility index (Phi) is 6.62. The highest BCUT2D eigenvalue weighted by molar-refractivity contribution is 5.93. The molecule has 2 aliphatic rings. The topological polar surface area (TPSA) is 138 Å². The summed E-state index contributed by atoms with van der Waals surface area (Å²) in [5.74, 6) is 1.52. The van der Waals surface area contributed by atoms with Gasteiger partial charge in [-0.3, -0.25) is 4.39 Å². The number of hydrogen-bond donors (Lipinski definition) is 3. The monoisotopic (exact) mass is 544 g/mol. The third-order valence-corrected chi connectivity index (χ3v) is 8.94. The third kappa shape index (κ3) is 4.40. The summed E-state index contributed by atoms with van der Waals surface area (Å²) in [5, 5.41) is 28.5. The van der Waals surface area contributed by atoms with Crippen LogP contribution in [0.15, 0.2) is 37.2 Å². The summed E-state index contributed by atoms with van der Waals surface area (Å²) in [6.07, 6.45) is 15.4. The predicted molar refractivity (Wildman–Crippen MR) is 148 cm³/mol. The molecule has 40 heavy (non-hydrogen) atoms. The van der Waals surface area contributed by atoms with E-state index in [1.54, 1.807) is 21.7 Å². The molecular weight excluding hydrogens is 511 g/mol. The second kappa shape index (κ2) is 10.6. The minimum absolute atomic E-state index is 0.194. The molecule has 2 fully saturated rings. The number of aromatic amines is 2. The van der Waals surface area contributed by atoms with Crippen molar-refractivity contribution in [3.63, 3.8) is 0 Å². The molecule has 12 heteroatoms. The number of nitrogens with zero attached hydrogens (tertiary/aromatic N) is 8. The Hall–Kier alpha value is -3.93. The van der Waals surface area contributed by atoms with Crippen LogP contribution in [0, 0.1) is 11.8 Å². The SMILES string of the molecule is FC[C@H]1CC[C@H](c2nnn3cnc4[nH]ccc4c23)CC1.OC[C@H]1CC[C@H](c2nnn3cnc4[nH]ccc4c23)CC1. The highest BCUT2D eigenvalue weighted by atomic mass is 19.1. The molecule has 0 aliphatic heterocycles. The van der Waals surface area contributed by atoms with E-state index in [-0.39, 0.29) is 12.6 Å². The van der Waals surface area contributed by atoms with Crippen molar-refractivity contribution in [3.8, 4) is 0 Å². The lowest BCUT2D eigenvalue weighted by molar-refractivity contribution is 0.182. The fraction of sp³-hybridized carbons (Fsp3) is 0.500. The number of fused-ring (bicyclic) bond motifs is 6. The maximum Gasteiger partial charge on any atom is 0.141 e. The first-order chi connectivity index (χ1) is 19.7. The zero-order valence-corrected chi connectivity index (χ0v) is 22.2. The molecule has 0 saturated heterocycles. The highest BCUT2D eigenvalue weighted by Crippen LogP contribution is 2.38. The first kappa shape index (κ1) is 25.1. The van der Waals surface area contributed by atoms with Crippen molar-refractivity contribution < 1.29 is 9.50 Å². The van der Waals surface area contributed by atoms with Crippen LogP contribution in [0.3, 0.4) is 0 Å². The van der Waals surface area contributed by atoms with Crippen LogP contribution in [0.4, 0.5) is 4.39 Å². The van der Waals surface area contributed by atoms with Crippen LogP contribution < -0.4 is 0 Å². The van der Waals surface area contributed by atoms with Crippen LogP contribution in [-0.2, 0) is 0 Å². The lowest BCUT2D eigenvalue weighted by Crippen LogP contribution is -2.16. The van der Waals surface area contributed by atoms with Crippen LogP contribution >= 0.6 is 0 Å². The van der Waals surface area contributed by atoms with Gasteiger partial charge >= 0.3 is 0 Å². The number of alkyl halides is 1. The number of nitrogens with one attached hydrogen (secondary N) is 2. The summed E-state index contributed by atoms with van der Waals surface area (Å²) in [4.78, 5) is 14.9. The summed E-state index contributed by atoms with van der Waals surface area (Å²) in [7, 11) is 0. The molecule has 0 amide bonds. The summed E-state index contributed by atoms with van der Waals surface area (Å²) in [6, 6.07) is 4.04. The van der Waals surface area contributed by atoms with Gasteiger partial charge in [0, 0.05) is 41.6 Å². The Morgan fingerprint density at radius 3 is 1.65 bits per heavy atom. The smallest absolute Gasteiger partial charge is 0.141 e. The molecule has 0 radical (unpaired) electrons. The van der Waals surface area contributed by atoms with Crippen LogP contribution in [0.1, 0.15) is 74.6 Å². The normalized spacial score (nSPS) is 23.6. The minimum Gasteiger partial charge on any atom is -0.396 e. The van der Waals surface area contributed by atoms with E-state index in [0.29, 0.717) is 24.4 Å². The maximum atomic E-state index is 12.7. The zero-order valence-electron chi connectivity index (χ0n) is 22.2. The van der Waals surface area contributed by atoms with Crippen LogP contribution in [0.25, 0.3) is 33.1 Å². The molecule has 2 aliphatic carbocycles. The van der Waals surface area contributed by atoms with Crippen molar-refractivity contribution in [2.75, 3.05) is 13.3 Å². The average molecular weight is 545 g/mol. The number of hydrogen-bond acceptors (Lipinski definition) is 7. The average Bonchev–Trinajstić information content (AvgIpc) is 3.82. The summed E-state index contributed by atoms with van der Waals surface area (Å²) in [6.45, 7) is 0.113. The van der Waals surface area contributed by atoms with Gasteiger partial charge in [-0.1, -0.05) is 10.4 Å². The molecule has 0 spiro atoms. The Balaban J connectivity index is 0.000000132. The second-order valence-corrected chi connectivity index (χ2v) is 11.3. The molecule has 2 saturated carbocycles. The fourth-order valence-corrected chi connectivity index (χ4v) is 6.60. The maximum absolute atomic E-state index is 12.7. The molecule has 6 aromatic heterocycles. The number of halogens is 1. The molecule has 6 aromatic rings. The first-order valence-electron chi connectivity index (χ1n) is 14.2. The number of rotatable bonds is 4. The number of H-pyrrole nitrogens is 2. The molecule has 3 N–H and O–H groups in total. The molecule has 208 valence electrons. The van der Waals surface area contributed by atoms with Gasteiger partial charge in [0.05, 0.1) is 18.1 Å². The summed E-state index contributed by atoms with van der Waals surface area (Å²) in [5.41, 5.74) is 5.97. The number of aromatic nitrogens is 10. The van der Waals surface area contributed by atoms with E-state index >= 15 is 0 Å². The predicted octanol–water partition coefficient (Wildman–Crippen LogP) is 4.72. The van der Waals surface area contributed by atoms with Gasteiger partial charge in [0.15, 0.2) is 0 Å². The second-order valence-electron chi connectivity index (χ2n) is 11.3. The Labute approximate surface area is 229 Å². The van der Waals surface area contributed by atoms with E-state index in [1.165, 1.54) is 0 Å². The minimum atomic E-state index is -0.194. The molecule has 8 rings (SSSR count). The summed E-state index contributed by atoms with van der Waals surface area (Å²) >= 11 is 0. The van der Waals surface area contributed by atoms with Crippen LogP contribution in [0.5, 0.6) is 0 Å². The summed E-state index contributed by atoms with van der Waals surface area (Å²) < 4.78 is 16.2. The van der Waals surface area contributed by atoms with E-state index in [2.05, 4.69) is 40.6 Å². The van der Waals surface area contributed by atoms with Crippen molar-refractivity contribution in [2.24, 2.45) is 11.8 Å². The fourth-order valence-electron chi connectivity index (χ4n) is 6.60. The Morgan fingerprint density at radius 1 is 0.725 bits per heavy atom.